The molecule has 3 nitrogen and oxygen atoms in total. The molecule has 0 saturated carbocycles. The molecule has 0 atom stereocenters. The quantitative estimate of drug-likeness (QED) is 0.782. The van der Waals surface area contributed by atoms with E-state index in [9.17, 15) is 0 Å². The fourth-order valence-corrected chi connectivity index (χ4v) is 2.05. The van der Waals surface area contributed by atoms with Crippen molar-refractivity contribution in [3.63, 3.8) is 0 Å². The number of hydrogen-bond acceptors (Lipinski definition) is 3. The van der Waals surface area contributed by atoms with Crippen LogP contribution in [0.25, 0.3) is 0 Å². The van der Waals surface area contributed by atoms with Gasteiger partial charge in [-0.25, -0.2) is 0 Å². The lowest BCUT2D eigenvalue weighted by atomic mass is 10.1. The maximum absolute atomic E-state index is 8.84. The summed E-state index contributed by atoms with van der Waals surface area (Å²) in [6.45, 7) is 2.50. The van der Waals surface area contributed by atoms with E-state index in [4.69, 9.17) is 10.00 Å². The first-order valence-corrected chi connectivity index (χ1v) is 7.13. The standard InChI is InChI=1S/C18H20N2O/c1-20(11-10-16-6-3-2-4-7-16)12-13-21-18-9-5-8-17(14-18)15-19/h2-9,14H,10-13H2,1H3. The third-order valence-electron chi connectivity index (χ3n) is 3.33. The molecule has 0 N–H and O–H groups in total. The van der Waals surface area contributed by atoms with Crippen molar-refractivity contribution in [2.45, 2.75) is 6.42 Å². The van der Waals surface area contributed by atoms with Gasteiger partial charge in [0.1, 0.15) is 12.4 Å². The second-order valence-electron chi connectivity index (χ2n) is 5.03. The van der Waals surface area contributed by atoms with Crippen LogP contribution in [-0.4, -0.2) is 31.6 Å². The summed E-state index contributed by atoms with van der Waals surface area (Å²) >= 11 is 0. The van der Waals surface area contributed by atoms with Gasteiger partial charge < -0.3 is 9.64 Å². The molecule has 0 aliphatic rings. The van der Waals surface area contributed by atoms with Gasteiger partial charge in [-0.2, -0.15) is 5.26 Å². The lowest BCUT2D eigenvalue weighted by Gasteiger charge is -2.17. The van der Waals surface area contributed by atoms with E-state index in [0.29, 0.717) is 12.2 Å². The number of nitriles is 1. The summed E-state index contributed by atoms with van der Waals surface area (Å²) in [5, 5.41) is 8.84. The topological polar surface area (TPSA) is 36.3 Å². The maximum Gasteiger partial charge on any atom is 0.120 e. The van der Waals surface area contributed by atoms with E-state index in [2.05, 4.69) is 42.3 Å². The van der Waals surface area contributed by atoms with Gasteiger partial charge in [0.05, 0.1) is 11.6 Å². The minimum absolute atomic E-state index is 0.625. The van der Waals surface area contributed by atoms with Gasteiger partial charge in [0.15, 0.2) is 0 Å². The van der Waals surface area contributed by atoms with Crippen LogP contribution in [0.15, 0.2) is 54.6 Å². The number of benzene rings is 2. The molecule has 0 aliphatic heterocycles. The predicted molar refractivity (Wildman–Crippen MR) is 84.3 cm³/mol. The molecule has 2 aromatic carbocycles. The molecule has 0 heterocycles. The summed E-state index contributed by atoms with van der Waals surface area (Å²) in [6, 6.07) is 19.9. The molecule has 0 aromatic heterocycles. The maximum atomic E-state index is 8.84. The normalized spacial score (nSPS) is 10.3. The van der Waals surface area contributed by atoms with E-state index in [1.807, 2.05) is 18.2 Å². The van der Waals surface area contributed by atoms with E-state index < -0.39 is 0 Å². The predicted octanol–water partition coefficient (Wildman–Crippen LogP) is 3.11. The molecule has 3 heteroatoms. The summed E-state index contributed by atoms with van der Waals surface area (Å²) in [5.74, 6) is 0.755. The van der Waals surface area contributed by atoms with Crippen LogP contribution in [0.5, 0.6) is 5.75 Å². The fraction of sp³-hybridized carbons (Fsp3) is 0.278. The van der Waals surface area contributed by atoms with Crippen LogP contribution >= 0.6 is 0 Å². The number of hydrogen-bond donors (Lipinski definition) is 0. The van der Waals surface area contributed by atoms with Crippen LogP contribution < -0.4 is 4.74 Å². The second-order valence-corrected chi connectivity index (χ2v) is 5.03. The number of likely N-dealkylation sites (N-methyl/N-ethyl adjacent to an activating group) is 1. The van der Waals surface area contributed by atoms with Crippen molar-refractivity contribution in [1.82, 2.24) is 4.90 Å². The Labute approximate surface area is 126 Å². The Hall–Kier alpha value is -2.31. The Balaban J connectivity index is 1.69. The number of nitrogens with zero attached hydrogens (tertiary/aromatic N) is 2. The highest BCUT2D eigenvalue weighted by molar-refractivity contribution is 5.36. The van der Waals surface area contributed by atoms with Crippen molar-refractivity contribution in [2.75, 3.05) is 26.7 Å². The Kier molecular flexibility index (Phi) is 5.81. The van der Waals surface area contributed by atoms with E-state index >= 15 is 0 Å². The fourth-order valence-electron chi connectivity index (χ4n) is 2.05. The molecule has 0 spiro atoms. The molecule has 0 aliphatic carbocycles. The summed E-state index contributed by atoms with van der Waals surface area (Å²) in [4.78, 5) is 2.25. The molecule has 2 aromatic rings. The zero-order chi connectivity index (χ0) is 14.9. The van der Waals surface area contributed by atoms with Crippen LogP contribution in [0, 0.1) is 11.3 Å². The first kappa shape index (κ1) is 15.1. The number of ether oxygens (including phenoxy) is 1. The van der Waals surface area contributed by atoms with Gasteiger partial charge in [0.2, 0.25) is 0 Å². The van der Waals surface area contributed by atoms with E-state index in [1.165, 1.54) is 5.56 Å². The van der Waals surface area contributed by atoms with E-state index in [1.54, 1.807) is 12.1 Å². The monoisotopic (exact) mass is 280 g/mol. The minimum atomic E-state index is 0.625. The molecular formula is C18H20N2O. The molecule has 2 rings (SSSR count). The van der Waals surface area contributed by atoms with Gasteiger partial charge in [0.25, 0.3) is 0 Å². The second kappa shape index (κ2) is 8.08. The third kappa shape index (κ3) is 5.29. The van der Waals surface area contributed by atoms with Crippen molar-refractivity contribution >= 4 is 0 Å². The number of rotatable bonds is 7. The Morgan fingerprint density at radius 1 is 1.05 bits per heavy atom. The van der Waals surface area contributed by atoms with Crippen LogP contribution in [-0.2, 0) is 6.42 Å². The average Bonchev–Trinajstić information content (AvgIpc) is 2.54. The van der Waals surface area contributed by atoms with Gasteiger partial charge in [-0.05, 0) is 37.2 Å². The largest absolute Gasteiger partial charge is 0.492 e. The molecule has 0 radical (unpaired) electrons. The molecule has 108 valence electrons. The van der Waals surface area contributed by atoms with Gasteiger partial charge in [-0.15, -0.1) is 0 Å². The van der Waals surface area contributed by atoms with Crippen molar-refractivity contribution < 1.29 is 4.74 Å². The molecular weight excluding hydrogens is 260 g/mol. The smallest absolute Gasteiger partial charge is 0.120 e. The van der Waals surface area contributed by atoms with Crippen LogP contribution in [0.3, 0.4) is 0 Å². The highest BCUT2D eigenvalue weighted by Gasteiger charge is 2.01. The first-order valence-electron chi connectivity index (χ1n) is 7.13. The van der Waals surface area contributed by atoms with Gasteiger partial charge in [-0.1, -0.05) is 36.4 Å². The summed E-state index contributed by atoms with van der Waals surface area (Å²) < 4.78 is 5.68. The summed E-state index contributed by atoms with van der Waals surface area (Å²) in [6.07, 6.45) is 1.04. The van der Waals surface area contributed by atoms with E-state index in [0.717, 1.165) is 25.3 Å². The molecule has 0 amide bonds. The van der Waals surface area contributed by atoms with Crippen LogP contribution in [0.4, 0.5) is 0 Å². The molecule has 0 bridgehead atoms. The Bertz CT molecular complexity index is 590. The van der Waals surface area contributed by atoms with Crippen molar-refractivity contribution in [3.8, 4) is 11.8 Å². The summed E-state index contributed by atoms with van der Waals surface area (Å²) in [5.41, 5.74) is 1.98. The molecule has 21 heavy (non-hydrogen) atoms. The van der Waals surface area contributed by atoms with Crippen LogP contribution in [0.2, 0.25) is 0 Å². The lowest BCUT2D eigenvalue weighted by Crippen LogP contribution is -2.26. The molecule has 0 saturated heterocycles. The zero-order valence-electron chi connectivity index (χ0n) is 12.3. The van der Waals surface area contributed by atoms with E-state index in [-0.39, 0.29) is 0 Å². The van der Waals surface area contributed by atoms with Crippen molar-refractivity contribution in [3.05, 3.63) is 65.7 Å². The van der Waals surface area contributed by atoms with Crippen molar-refractivity contribution in [2.24, 2.45) is 0 Å². The minimum Gasteiger partial charge on any atom is -0.492 e. The average molecular weight is 280 g/mol. The Morgan fingerprint density at radius 2 is 1.86 bits per heavy atom. The molecule has 0 fully saturated rings. The highest BCUT2D eigenvalue weighted by atomic mass is 16.5. The van der Waals surface area contributed by atoms with Gasteiger partial charge >= 0.3 is 0 Å². The lowest BCUT2D eigenvalue weighted by molar-refractivity contribution is 0.239. The van der Waals surface area contributed by atoms with Crippen LogP contribution in [0.1, 0.15) is 11.1 Å². The Morgan fingerprint density at radius 3 is 2.62 bits per heavy atom. The van der Waals surface area contributed by atoms with Crippen molar-refractivity contribution in [1.29, 1.82) is 5.26 Å². The first-order chi connectivity index (χ1) is 10.3. The SMILES string of the molecule is CN(CCOc1cccc(C#N)c1)CCc1ccccc1. The van der Waals surface area contributed by atoms with Gasteiger partial charge in [-0.3, -0.25) is 0 Å². The third-order valence-corrected chi connectivity index (χ3v) is 3.33. The zero-order valence-corrected chi connectivity index (χ0v) is 12.3. The highest BCUT2D eigenvalue weighted by Crippen LogP contribution is 2.12. The summed E-state index contributed by atoms with van der Waals surface area (Å²) in [7, 11) is 2.10. The van der Waals surface area contributed by atoms with Gasteiger partial charge in [0, 0.05) is 13.1 Å². The molecule has 0 unspecified atom stereocenters.